The molecule has 1 aromatic heterocycles. The number of benzene rings is 2. The Morgan fingerprint density at radius 1 is 1.00 bits per heavy atom. The fraction of sp³-hybridized carbons (Fsp3) is 0.440. The molecule has 160 valence electrons. The first kappa shape index (κ1) is 21.9. The minimum Gasteiger partial charge on any atom is -0.493 e. The lowest BCUT2D eigenvalue weighted by atomic mass is 10.1. The zero-order chi connectivity index (χ0) is 21.3. The monoisotopic (exact) mass is 407 g/mol. The Kier molecular flexibility index (Phi) is 7.89. The van der Waals surface area contributed by atoms with Crippen LogP contribution in [0.2, 0.25) is 0 Å². The maximum Gasteiger partial charge on any atom is 0.216 e. The Balaban J connectivity index is 1.57. The summed E-state index contributed by atoms with van der Waals surface area (Å²) in [5.41, 5.74) is 4.62. The molecule has 30 heavy (non-hydrogen) atoms. The Bertz CT molecular complexity index is 957. The molecule has 0 fully saturated rings. The summed E-state index contributed by atoms with van der Waals surface area (Å²) < 4.78 is 8.44. The molecule has 0 radical (unpaired) electrons. The molecule has 0 aliphatic heterocycles. The predicted molar refractivity (Wildman–Crippen MR) is 122 cm³/mol. The molecular formula is C25H33N3O2. The highest BCUT2D eigenvalue weighted by Gasteiger charge is 2.10. The van der Waals surface area contributed by atoms with Gasteiger partial charge in [-0.25, -0.2) is 4.98 Å². The molecule has 0 unspecified atom stereocenters. The standard InChI is InChI=1S/C25H33N3O2/c1-19-11-9-12-20(2)25(19)30-18-10-17-28-23-14-7-6-13-22(23)27-24(28)15-5-4-8-16-26-21(3)29/h6-7,9,11-14H,4-5,8,10,15-18H2,1-3H3,(H,26,29). The molecule has 0 spiro atoms. The van der Waals surface area contributed by atoms with Gasteiger partial charge in [-0.1, -0.05) is 36.8 Å². The van der Waals surface area contributed by atoms with E-state index in [9.17, 15) is 4.79 Å². The van der Waals surface area contributed by atoms with Gasteiger partial charge in [0.05, 0.1) is 17.6 Å². The van der Waals surface area contributed by atoms with E-state index in [1.165, 1.54) is 16.6 Å². The van der Waals surface area contributed by atoms with Gasteiger partial charge in [-0.3, -0.25) is 4.79 Å². The minimum atomic E-state index is 0.0416. The number of carbonyl (C=O) groups is 1. The van der Waals surface area contributed by atoms with Crippen molar-refractivity contribution in [3.8, 4) is 5.75 Å². The van der Waals surface area contributed by atoms with Crippen LogP contribution >= 0.6 is 0 Å². The quantitative estimate of drug-likeness (QED) is 0.457. The average Bonchev–Trinajstić information content (AvgIpc) is 3.07. The van der Waals surface area contributed by atoms with Crippen molar-refractivity contribution in [1.29, 1.82) is 0 Å². The molecule has 0 atom stereocenters. The highest BCUT2D eigenvalue weighted by molar-refractivity contribution is 5.75. The highest BCUT2D eigenvalue weighted by Crippen LogP contribution is 2.23. The predicted octanol–water partition coefficient (Wildman–Crippen LogP) is 4.97. The first-order chi connectivity index (χ1) is 14.6. The smallest absolute Gasteiger partial charge is 0.216 e. The second kappa shape index (κ2) is 10.8. The zero-order valence-corrected chi connectivity index (χ0v) is 18.4. The van der Waals surface area contributed by atoms with Crippen LogP contribution < -0.4 is 10.1 Å². The summed E-state index contributed by atoms with van der Waals surface area (Å²) in [6.07, 6.45) is 5.04. The molecule has 0 aliphatic rings. The van der Waals surface area contributed by atoms with Crippen molar-refractivity contribution in [2.24, 2.45) is 0 Å². The highest BCUT2D eigenvalue weighted by atomic mass is 16.5. The normalized spacial score (nSPS) is 11.0. The van der Waals surface area contributed by atoms with Crippen LogP contribution in [0.5, 0.6) is 5.75 Å². The Hall–Kier alpha value is -2.82. The van der Waals surface area contributed by atoms with Gasteiger partial charge in [0.15, 0.2) is 0 Å². The first-order valence-electron chi connectivity index (χ1n) is 10.9. The van der Waals surface area contributed by atoms with Crippen molar-refractivity contribution in [2.45, 2.75) is 59.4 Å². The fourth-order valence-electron chi connectivity index (χ4n) is 3.84. The summed E-state index contributed by atoms with van der Waals surface area (Å²) in [4.78, 5) is 15.8. The Labute approximate surface area is 179 Å². The van der Waals surface area contributed by atoms with Gasteiger partial charge in [0, 0.05) is 26.4 Å². The van der Waals surface area contributed by atoms with Crippen LogP contribution in [0.3, 0.4) is 0 Å². The van der Waals surface area contributed by atoms with Crippen LogP contribution in [-0.4, -0.2) is 28.6 Å². The third kappa shape index (κ3) is 5.85. The van der Waals surface area contributed by atoms with Crippen molar-refractivity contribution < 1.29 is 9.53 Å². The van der Waals surface area contributed by atoms with Crippen LogP contribution in [0, 0.1) is 13.8 Å². The van der Waals surface area contributed by atoms with Crippen molar-refractivity contribution in [1.82, 2.24) is 14.9 Å². The second-order valence-electron chi connectivity index (χ2n) is 7.88. The largest absolute Gasteiger partial charge is 0.493 e. The van der Waals surface area contributed by atoms with Crippen LogP contribution in [0.25, 0.3) is 11.0 Å². The van der Waals surface area contributed by atoms with Crippen LogP contribution in [-0.2, 0) is 17.8 Å². The number of hydrogen-bond acceptors (Lipinski definition) is 3. The van der Waals surface area contributed by atoms with E-state index in [1.807, 2.05) is 6.07 Å². The number of nitrogens with zero attached hydrogens (tertiary/aromatic N) is 2. The maximum atomic E-state index is 11.0. The van der Waals surface area contributed by atoms with E-state index in [0.717, 1.165) is 62.3 Å². The van der Waals surface area contributed by atoms with E-state index in [1.54, 1.807) is 6.92 Å². The number of aromatic nitrogens is 2. The molecule has 5 nitrogen and oxygen atoms in total. The van der Waals surface area contributed by atoms with Gasteiger partial charge < -0.3 is 14.6 Å². The third-order valence-electron chi connectivity index (χ3n) is 5.37. The number of ether oxygens (including phenoxy) is 1. The van der Waals surface area contributed by atoms with E-state index >= 15 is 0 Å². The Morgan fingerprint density at radius 3 is 2.53 bits per heavy atom. The molecular weight excluding hydrogens is 374 g/mol. The average molecular weight is 408 g/mol. The van der Waals surface area contributed by atoms with E-state index in [4.69, 9.17) is 9.72 Å². The summed E-state index contributed by atoms with van der Waals surface area (Å²) in [6, 6.07) is 14.6. The van der Waals surface area contributed by atoms with Gasteiger partial charge in [0.2, 0.25) is 5.91 Å². The van der Waals surface area contributed by atoms with Crippen LogP contribution in [0.4, 0.5) is 0 Å². The van der Waals surface area contributed by atoms with E-state index in [0.29, 0.717) is 6.61 Å². The van der Waals surface area contributed by atoms with Crippen LogP contribution in [0.15, 0.2) is 42.5 Å². The number of unbranched alkanes of at least 4 members (excludes halogenated alkanes) is 2. The lowest BCUT2D eigenvalue weighted by molar-refractivity contribution is -0.118. The van der Waals surface area contributed by atoms with Crippen molar-refractivity contribution in [3.63, 3.8) is 0 Å². The van der Waals surface area contributed by atoms with E-state index in [-0.39, 0.29) is 5.91 Å². The molecule has 3 rings (SSSR count). The summed E-state index contributed by atoms with van der Waals surface area (Å²) in [5.74, 6) is 2.19. The van der Waals surface area contributed by atoms with E-state index < -0.39 is 0 Å². The number of fused-ring (bicyclic) bond motifs is 1. The molecule has 3 aromatic rings. The lowest BCUT2D eigenvalue weighted by Gasteiger charge is -2.13. The fourth-order valence-corrected chi connectivity index (χ4v) is 3.84. The van der Waals surface area contributed by atoms with Gasteiger partial charge >= 0.3 is 0 Å². The van der Waals surface area contributed by atoms with Gasteiger partial charge in [0.25, 0.3) is 0 Å². The molecule has 0 saturated heterocycles. The van der Waals surface area contributed by atoms with Crippen LogP contribution in [0.1, 0.15) is 49.6 Å². The van der Waals surface area contributed by atoms with Gasteiger partial charge in [-0.15, -0.1) is 0 Å². The summed E-state index contributed by atoms with van der Waals surface area (Å²) in [5, 5.41) is 2.86. The van der Waals surface area contributed by atoms with Crippen molar-refractivity contribution >= 4 is 16.9 Å². The molecule has 1 amide bonds. The number of nitrogens with one attached hydrogen (secondary N) is 1. The molecule has 0 bridgehead atoms. The SMILES string of the molecule is CC(=O)NCCCCCc1nc2ccccc2n1CCCOc1c(C)cccc1C. The van der Waals surface area contributed by atoms with Crippen molar-refractivity contribution in [2.75, 3.05) is 13.2 Å². The first-order valence-corrected chi connectivity index (χ1v) is 10.9. The Morgan fingerprint density at radius 2 is 1.77 bits per heavy atom. The summed E-state index contributed by atoms with van der Waals surface area (Å²) in [6.45, 7) is 8.08. The number of hydrogen-bond donors (Lipinski definition) is 1. The molecule has 1 heterocycles. The summed E-state index contributed by atoms with van der Waals surface area (Å²) >= 11 is 0. The van der Waals surface area contributed by atoms with Gasteiger partial charge in [0.1, 0.15) is 11.6 Å². The topological polar surface area (TPSA) is 56.2 Å². The molecule has 0 saturated carbocycles. The number of aryl methyl sites for hydroxylation is 4. The molecule has 5 heteroatoms. The maximum absolute atomic E-state index is 11.0. The number of rotatable bonds is 11. The number of para-hydroxylation sites is 3. The third-order valence-corrected chi connectivity index (χ3v) is 5.37. The molecule has 0 aliphatic carbocycles. The molecule has 2 aromatic carbocycles. The zero-order valence-electron chi connectivity index (χ0n) is 18.4. The number of carbonyl (C=O) groups excluding carboxylic acids is 1. The van der Waals surface area contributed by atoms with E-state index in [2.05, 4.69) is 60.1 Å². The lowest BCUT2D eigenvalue weighted by Crippen LogP contribution is -2.20. The molecule has 1 N–H and O–H groups in total. The minimum absolute atomic E-state index is 0.0416. The van der Waals surface area contributed by atoms with Crippen molar-refractivity contribution in [3.05, 3.63) is 59.4 Å². The summed E-state index contributed by atoms with van der Waals surface area (Å²) in [7, 11) is 0. The second-order valence-corrected chi connectivity index (χ2v) is 7.88. The number of amides is 1. The van der Waals surface area contributed by atoms with Gasteiger partial charge in [-0.2, -0.15) is 0 Å². The number of imidazole rings is 1. The van der Waals surface area contributed by atoms with Gasteiger partial charge in [-0.05, 0) is 56.4 Å².